The molecular formula is C27H36O3. The summed E-state index contributed by atoms with van der Waals surface area (Å²) in [6.07, 6.45) is 5.63. The summed E-state index contributed by atoms with van der Waals surface area (Å²) in [6.45, 7) is 9.66. The van der Waals surface area contributed by atoms with Gasteiger partial charge in [-0.3, -0.25) is 0 Å². The van der Waals surface area contributed by atoms with Crippen molar-refractivity contribution in [2.45, 2.75) is 77.9 Å². The van der Waals surface area contributed by atoms with E-state index in [4.69, 9.17) is 4.74 Å². The molecule has 2 aromatic rings. The first-order chi connectivity index (χ1) is 14.4. The van der Waals surface area contributed by atoms with Gasteiger partial charge in [0.15, 0.2) is 0 Å². The monoisotopic (exact) mass is 408 g/mol. The Morgan fingerprint density at radius 1 is 0.900 bits per heavy atom. The first-order valence-corrected chi connectivity index (χ1v) is 11.2. The summed E-state index contributed by atoms with van der Waals surface area (Å²) < 4.78 is 5.63. The Labute approximate surface area is 181 Å². The van der Waals surface area contributed by atoms with Crippen molar-refractivity contribution in [2.24, 2.45) is 0 Å². The largest absolute Gasteiger partial charge is 0.456 e. The molecule has 162 valence electrons. The third kappa shape index (κ3) is 7.46. The van der Waals surface area contributed by atoms with E-state index in [9.17, 15) is 9.90 Å². The fraction of sp³-hybridized carbons (Fsp3) is 0.444. The van der Waals surface area contributed by atoms with Crippen LogP contribution in [0.15, 0.2) is 60.7 Å². The van der Waals surface area contributed by atoms with Crippen molar-refractivity contribution in [1.82, 2.24) is 0 Å². The van der Waals surface area contributed by atoms with Crippen LogP contribution in [0.5, 0.6) is 0 Å². The second-order valence-electron chi connectivity index (χ2n) is 8.14. The van der Waals surface area contributed by atoms with Crippen LogP contribution in [0.25, 0.3) is 0 Å². The van der Waals surface area contributed by atoms with E-state index in [2.05, 4.69) is 44.7 Å². The first kappa shape index (κ1) is 23.9. The molecule has 0 aliphatic rings. The lowest BCUT2D eigenvalue weighted by molar-refractivity contribution is -0.150. The van der Waals surface area contributed by atoms with Crippen LogP contribution >= 0.6 is 0 Å². The van der Waals surface area contributed by atoms with Gasteiger partial charge >= 0.3 is 5.97 Å². The molecule has 3 heteroatoms. The van der Waals surface area contributed by atoms with Crippen LogP contribution in [0, 0.1) is 0 Å². The number of esters is 1. The zero-order valence-corrected chi connectivity index (χ0v) is 18.7. The summed E-state index contributed by atoms with van der Waals surface area (Å²) >= 11 is 0. The van der Waals surface area contributed by atoms with E-state index in [1.165, 1.54) is 24.0 Å². The summed E-state index contributed by atoms with van der Waals surface area (Å²) in [5.74, 6) is -0.474. The Bertz CT molecular complexity index is 790. The quantitative estimate of drug-likeness (QED) is 0.339. The fourth-order valence-electron chi connectivity index (χ4n) is 3.39. The number of aryl methyl sites for hydroxylation is 2. The van der Waals surface area contributed by atoms with Gasteiger partial charge in [-0.05, 0) is 54.9 Å². The van der Waals surface area contributed by atoms with Gasteiger partial charge in [0.05, 0.1) is 0 Å². The van der Waals surface area contributed by atoms with Crippen LogP contribution in [-0.4, -0.2) is 17.2 Å². The molecule has 2 unspecified atom stereocenters. The minimum Gasteiger partial charge on any atom is -0.456 e. The standard InChI is InChI=1S/C27H36O3/c1-5-7-9-21-11-13-23(14-12-21)19-25(30-27(29)20(3)4)26(28)24-17-15-22(16-18-24)10-8-6-2/h11-18,25-26,28H,3,5-10,19H2,1-2,4H3. The molecule has 30 heavy (non-hydrogen) atoms. The normalized spacial score (nSPS) is 12.9. The summed E-state index contributed by atoms with van der Waals surface area (Å²) in [5, 5.41) is 11.0. The second kappa shape index (κ2) is 12.3. The molecule has 0 saturated carbocycles. The number of hydrogen-bond donors (Lipinski definition) is 1. The van der Waals surface area contributed by atoms with Crippen LogP contribution in [0.2, 0.25) is 0 Å². The van der Waals surface area contributed by atoms with E-state index < -0.39 is 18.2 Å². The van der Waals surface area contributed by atoms with Gasteiger partial charge < -0.3 is 9.84 Å². The number of benzene rings is 2. The number of carbonyl (C=O) groups excluding carboxylic acids is 1. The molecule has 2 aromatic carbocycles. The molecule has 3 nitrogen and oxygen atoms in total. The molecular weight excluding hydrogens is 372 g/mol. The van der Waals surface area contributed by atoms with Gasteiger partial charge in [0.1, 0.15) is 12.2 Å². The van der Waals surface area contributed by atoms with E-state index in [1.54, 1.807) is 6.92 Å². The number of unbranched alkanes of at least 4 members (excludes halogenated alkanes) is 2. The number of aliphatic hydroxyl groups excluding tert-OH is 1. The number of hydrogen-bond acceptors (Lipinski definition) is 3. The lowest BCUT2D eigenvalue weighted by Gasteiger charge is -2.24. The van der Waals surface area contributed by atoms with Gasteiger partial charge in [-0.15, -0.1) is 0 Å². The smallest absolute Gasteiger partial charge is 0.333 e. The highest BCUT2D eigenvalue weighted by molar-refractivity contribution is 5.87. The average Bonchev–Trinajstić information content (AvgIpc) is 2.76. The number of aliphatic hydroxyl groups is 1. The predicted octanol–water partition coefficient (Wildman–Crippen LogP) is 6.14. The predicted molar refractivity (Wildman–Crippen MR) is 123 cm³/mol. The number of rotatable bonds is 12. The van der Waals surface area contributed by atoms with Crippen molar-refractivity contribution in [3.63, 3.8) is 0 Å². The molecule has 0 spiro atoms. The maximum Gasteiger partial charge on any atom is 0.333 e. The van der Waals surface area contributed by atoms with Crippen LogP contribution < -0.4 is 0 Å². The molecule has 2 atom stereocenters. The van der Waals surface area contributed by atoms with Crippen LogP contribution in [0.1, 0.15) is 74.8 Å². The van der Waals surface area contributed by atoms with Gasteiger partial charge in [-0.2, -0.15) is 0 Å². The van der Waals surface area contributed by atoms with Crippen molar-refractivity contribution in [3.8, 4) is 0 Å². The molecule has 0 aromatic heterocycles. The van der Waals surface area contributed by atoms with Gasteiger partial charge in [0, 0.05) is 12.0 Å². The maximum absolute atomic E-state index is 12.2. The van der Waals surface area contributed by atoms with Crippen LogP contribution in [-0.2, 0) is 28.8 Å². The average molecular weight is 409 g/mol. The van der Waals surface area contributed by atoms with Gasteiger partial charge in [0.25, 0.3) is 0 Å². The summed E-state index contributed by atoms with van der Waals surface area (Å²) in [5.41, 5.74) is 4.69. The Hall–Kier alpha value is -2.39. The summed E-state index contributed by atoms with van der Waals surface area (Å²) in [4.78, 5) is 12.2. The van der Waals surface area contributed by atoms with Crippen LogP contribution in [0.4, 0.5) is 0 Å². The number of ether oxygens (including phenoxy) is 1. The van der Waals surface area contributed by atoms with E-state index in [-0.39, 0.29) is 0 Å². The minimum absolute atomic E-state index is 0.331. The molecule has 0 saturated heterocycles. The van der Waals surface area contributed by atoms with E-state index in [0.717, 1.165) is 36.8 Å². The maximum atomic E-state index is 12.2. The Morgan fingerprint density at radius 3 is 1.83 bits per heavy atom. The molecule has 0 aliphatic heterocycles. The molecule has 0 heterocycles. The second-order valence-corrected chi connectivity index (χ2v) is 8.14. The summed E-state index contributed by atoms with van der Waals surface area (Å²) in [7, 11) is 0. The van der Waals surface area contributed by atoms with Gasteiger partial charge in [-0.1, -0.05) is 81.8 Å². The van der Waals surface area contributed by atoms with Gasteiger partial charge in [-0.25, -0.2) is 4.79 Å². The zero-order chi connectivity index (χ0) is 21.9. The Kier molecular flexibility index (Phi) is 9.82. The highest BCUT2D eigenvalue weighted by Crippen LogP contribution is 2.24. The number of carbonyl (C=O) groups is 1. The molecule has 0 bridgehead atoms. The molecule has 0 fully saturated rings. The van der Waals surface area contributed by atoms with Crippen molar-refractivity contribution < 1.29 is 14.6 Å². The minimum atomic E-state index is -0.895. The van der Waals surface area contributed by atoms with E-state index in [1.807, 2.05) is 24.3 Å². The van der Waals surface area contributed by atoms with Crippen molar-refractivity contribution in [2.75, 3.05) is 0 Å². The lowest BCUT2D eigenvalue weighted by atomic mass is 9.96. The highest BCUT2D eigenvalue weighted by atomic mass is 16.6. The van der Waals surface area contributed by atoms with Gasteiger partial charge in [0.2, 0.25) is 0 Å². The van der Waals surface area contributed by atoms with E-state index >= 15 is 0 Å². The fourth-order valence-corrected chi connectivity index (χ4v) is 3.39. The summed E-state index contributed by atoms with van der Waals surface area (Å²) in [6, 6.07) is 16.3. The van der Waals surface area contributed by atoms with Crippen molar-refractivity contribution >= 4 is 5.97 Å². The molecule has 0 radical (unpaired) electrons. The Morgan fingerprint density at radius 2 is 1.37 bits per heavy atom. The third-order valence-corrected chi connectivity index (χ3v) is 5.38. The van der Waals surface area contributed by atoms with Crippen LogP contribution in [0.3, 0.4) is 0 Å². The van der Waals surface area contributed by atoms with Crippen molar-refractivity contribution in [3.05, 3.63) is 82.9 Å². The molecule has 0 amide bonds. The first-order valence-electron chi connectivity index (χ1n) is 11.2. The zero-order valence-electron chi connectivity index (χ0n) is 18.7. The third-order valence-electron chi connectivity index (χ3n) is 5.38. The Balaban J connectivity index is 2.15. The SMILES string of the molecule is C=C(C)C(=O)OC(Cc1ccc(CCCC)cc1)C(O)c1ccc(CCCC)cc1. The molecule has 0 aliphatic carbocycles. The topological polar surface area (TPSA) is 46.5 Å². The van der Waals surface area contributed by atoms with Crippen molar-refractivity contribution in [1.29, 1.82) is 0 Å². The lowest BCUT2D eigenvalue weighted by Crippen LogP contribution is -2.28. The highest BCUT2D eigenvalue weighted by Gasteiger charge is 2.25. The molecule has 1 N–H and O–H groups in total. The van der Waals surface area contributed by atoms with E-state index in [0.29, 0.717) is 12.0 Å². The molecule has 2 rings (SSSR count).